The summed E-state index contributed by atoms with van der Waals surface area (Å²) in [5.74, 6) is -6.25. The summed E-state index contributed by atoms with van der Waals surface area (Å²) in [6, 6.07) is 0. The molecule has 0 aliphatic carbocycles. The van der Waals surface area contributed by atoms with Crippen molar-refractivity contribution in [3.05, 3.63) is 0 Å². The van der Waals surface area contributed by atoms with E-state index >= 15 is 0 Å². The lowest BCUT2D eigenvalue weighted by Gasteiger charge is -2.36. The third kappa shape index (κ3) is 3.90. The van der Waals surface area contributed by atoms with Crippen LogP contribution in [0.2, 0.25) is 0 Å². The van der Waals surface area contributed by atoms with Crippen LogP contribution in [0.1, 0.15) is 13.3 Å². The molecule has 0 aromatic heterocycles. The molecule has 1 aliphatic rings. The standard InChI is InChI=1S/C10H12ClF6NO/c1-5-4-18(3-2-6(5)11)8(19)7(9(12,13)14)10(15,16)17/h5-7H,2-4H2,1H3. The van der Waals surface area contributed by atoms with Crippen LogP contribution in [0.3, 0.4) is 0 Å². The van der Waals surface area contributed by atoms with Gasteiger partial charge in [-0.05, 0) is 12.3 Å². The first-order chi connectivity index (χ1) is 8.44. The first kappa shape index (κ1) is 16.4. The van der Waals surface area contributed by atoms with Crippen LogP contribution in [-0.4, -0.2) is 41.6 Å². The molecule has 2 nitrogen and oxygen atoms in total. The number of likely N-dealkylation sites (tertiary alicyclic amines) is 1. The van der Waals surface area contributed by atoms with E-state index < -0.39 is 24.2 Å². The van der Waals surface area contributed by atoms with E-state index in [1.807, 2.05) is 0 Å². The molecule has 1 saturated heterocycles. The monoisotopic (exact) mass is 311 g/mol. The predicted molar refractivity (Wildman–Crippen MR) is 55.6 cm³/mol. The van der Waals surface area contributed by atoms with Gasteiger partial charge < -0.3 is 4.90 Å². The van der Waals surface area contributed by atoms with E-state index in [0.717, 1.165) is 0 Å². The van der Waals surface area contributed by atoms with Crippen molar-refractivity contribution < 1.29 is 31.1 Å². The van der Waals surface area contributed by atoms with Crippen LogP contribution in [0.5, 0.6) is 0 Å². The van der Waals surface area contributed by atoms with Gasteiger partial charge in [0.1, 0.15) is 0 Å². The molecule has 0 spiro atoms. The summed E-state index contributed by atoms with van der Waals surface area (Å²) in [6.07, 6.45) is -11.1. The second-order valence-electron chi connectivity index (χ2n) is 4.58. The number of nitrogens with zero attached hydrogens (tertiary/aromatic N) is 1. The molecule has 1 aliphatic heterocycles. The molecule has 0 aromatic carbocycles. The third-order valence-corrected chi connectivity index (χ3v) is 3.66. The van der Waals surface area contributed by atoms with Crippen molar-refractivity contribution in [3.8, 4) is 0 Å². The lowest BCUT2D eigenvalue weighted by molar-refractivity contribution is -0.278. The van der Waals surface area contributed by atoms with Crippen molar-refractivity contribution in [3.63, 3.8) is 0 Å². The van der Waals surface area contributed by atoms with Gasteiger partial charge in [-0.3, -0.25) is 4.79 Å². The predicted octanol–water partition coefficient (Wildman–Crippen LogP) is 3.20. The van der Waals surface area contributed by atoms with Crippen LogP contribution in [0.25, 0.3) is 0 Å². The van der Waals surface area contributed by atoms with Gasteiger partial charge in [-0.2, -0.15) is 26.3 Å². The van der Waals surface area contributed by atoms with Crippen molar-refractivity contribution >= 4 is 17.5 Å². The van der Waals surface area contributed by atoms with Crippen LogP contribution in [-0.2, 0) is 4.79 Å². The molecule has 1 fully saturated rings. The van der Waals surface area contributed by atoms with E-state index in [-0.39, 0.29) is 30.8 Å². The molecule has 1 heterocycles. The summed E-state index contributed by atoms with van der Waals surface area (Å²) in [4.78, 5) is 12.1. The van der Waals surface area contributed by atoms with Crippen molar-refractivity contribution in [1.29, 1.82) is 0 Å². The number of carbonyl (C=O) groups is 1. The Labute approximate surface area is 110 Å². The summed E-state index contributed by atoms with van der Waals surface area (Å²) in [6.45, 7) is 1.18. The summed E-state index contributed by atoms with van der Waals surface area (Å²) in [5, 5.41) is -0.348. The average molecular weight is 312 g/mol. The number of alkyl halides is 7. The lowest BCUT2D eigenvalue weighted by atomic mass is 9.97. The highest BCUT2D eigenvalue weighted by molar-refractivity contribution is 6.20. The normalized spacial score (nSPS) is 25.8. The molecule has 19 heavy (non-hydrogen) atoms. The zero-order valence-corrected chi connectivity index (χ0v) is 10.6. The Morgan fingerprint density at radius 1 is 1.21 bits per heavy atom. The van der Waals surface area contributed by atoms with Crippen molar-refractivity contribution in [1.82, 2.24) is 4.90 Å². The fraction of sp³-hybridized carbons (Fsp3) is 0.900. The Hall–Kier alpha value is -0.660. The van der Waals surface area contributed by atoms with E-state index in [0.29, 0.717) is 4.90 Å². The van der Waals surface area contributed by atoms with Gasteiger partial charge in [0, 0.05) is 18.5 Å². The maximum atomic E-state index is 12.4. The lowest BCUT2D eigenvalue weighted by Crippen LogP contribution is -2.53. The van der Waals surface area contributed by atoms with Crippen molar-refractivity contribution in [2.75, 3.05) is 13.1 Å². The molecule has 0 bridgehead atoms. The van der Waals surface area contributed by atoms with E-state index in [4.69, 9.17) is 11.6 Å². The average Bonchev–Trinajstić information content (AvgIpc) is 2.17. The summed E-state index contributed by atoms with van der Waals surface area (Å²) in [7, 11) is 0. The van der Waals surface area contributed by atoms with Gasteiger partial charge in [0.05, 0.1) is 0 Å². The maximum absolute atomic E-state index is 12.4. The Morgan fingerprint density at radius 3 is 2.05 bits per heavy atom. The maximum Gasteiger partial charge on any atom is 0.409 e. The van der Waals surface area contributed by atoms with Crippen LogP contribution < -0.4 is 0 Å². The minimum Gasteiger partial charge on any atom is -0.341 e. The van der Waals surface area contributed by atoms with Crippen LogP contribution in [0.15, 0.2) is 0 Å². The third-order valence-electron chi connectivity index (χ3n) is 3.01. The van der Waals surface area contributed by atoms with Gasteiger partial charge in [0.25, 0.3) is 0 Å². The molecule has 0 saturated carbocycles. The van der Waals surface area contributed by atoms with Gasteiger partial charge in [0.15, 0.2) is 0 Å². The largest absolute Gasteiger partial charge is 0.409 e. The molecule has 9 heteroatoms. The minimum absolute atomic E-state index is 0.177. The van der Waals surface area contributed by atoms with Gasteiger partial charge in [-0.15, -0.1) is 11.6 Å². The molecule has 2 atom stereocenters. The van der Waals surface area contributed by atoms with E-state index in [1.165, 1.54) is 0 Å². The zero-order valence-electron chi connectivity index (χ0n) is 9.85. The summed E-state index contributed by atoms with van der Waals surface area (Å²) < 4.78 is 74.4. The summed E-state index contributed by atoms with van der Waals surface area (Å²) >= 11 is 5.81. The fourth-order valence-corrected chi connectivity index (χ4v) is 2.14. The van der Waals surface area contributed by atoms with E-state index in [1.54, 1.807) is 6.92 Å². The number of piperidine rings is 1. The van der Waals surface area contributed by atoms with Crippen molar-refractivity contribution in [2.45, 2.75) is 31.1 Å². The molecule has 2 unspecified atom stereocenters. The highest BCUT2D eigenvalue weighted by Gasteiger charge is 2.62. The Bertz CT molecular complexity index is 328. The van der Waals surface area contributed by atoms with Gasteiger partial charge in [-0.1, -0.05) is 6.92 Å². The SMILES string of the molecule is CC1CN(C(=O)C(C(F)(F)F)C(F)(F)F)CCC1Cl. The highest BCUT2D eigenvalue weighted by Crippen LogP contribution is 2.41. The van der Waals surface area contributed by atoms with E-state index in [2.05, 4.69) is 0 Å². The Morgan fingerprint density at radius 2 is 1.68 bits per heavy atom. The first-order valence-electron chi connectivity index (χ1n) is 5.51. The van der Waals surface area contributed by atoms with E-state index in [9.17, 15) is 31.1 Å². The second kappa shape index (κ2) is 5.38. The Kier molecular flexibility index (Phi) is 4.64. The molecule has 0 aromatic rings. The number of carbonyl (C=O) groups excluding carboxylic acids is 1. The topological polar surface area (TPSA) is 20.3 Å². The second-order valence-corrected chi connectivity index (χ2v) is 5.14. The highest BCUT2D eigenvalue weighted by atomic mass is 35.5. The molecule has 0 N–H and O–H groups in total. The van der Waals surface area contributed by atoms with Crippen LogP contribution in [0, 0.1) is 11.8 Å². The van der Waals surface area contributed by atoms with Gasteiger partial charge in [0.2, 0.25) is 11.8 Å². The Balaban J connectivity index is 2.90. The van der Waals surface area contributed by atoms with Crippen molar-refractivity contribution in [2.24, 2.45) is 11.8 Å². The minimum atomic E-state index is -5.64. The number of hydrogen-bond donors (Lipinski definition) is 0. The van der Waals surface area contributed by atoms with Gasteiger partial charge in [-0.25, -0.2) is 0 Å². The first-order valence-corrected chi connectivity index (χ1v) is 5.94. The number of amides is 1. The van der Waals surface area contributed by atoms with Gasteiger partial charge >= 0.3 is 12.4 Å². The summed E-state index contributed by atoms with van der Waals surface area (Å²) in [5.41, 5.74) is 0. The smallest absolute Gasteiger partial charge is 0.341 e. The molecular weight excluding hydrogens is 300 g/mol. The number of hydrogen-bond acceptors (Lipinski definition) is 1. The van der Waals surface area contributed by atoms with Crippen LogP contribution in [0.4, 0.5) is 26.3 Å². The zero-order chi connectivity index (χ0) is 15.0. The van der Waals surface area contributed by atoms with Crippen LogP contribution >= 0.6 is 11.6 Å². The molecule has 0 radical (unpaired) electrons. The quantitative estimate of drug-likeness (QED) is 0.538. The number of rotatable bonds is 1. The molecule has 112 valence electrons. The number of halogens is 7. The molecular formula is C10H12ClF6NO. The molecule has 1 rings (SSSR count). The fourth-order valence-electron chi connectivity index (χ4n) is 1.97. The molecule has 1 amide bonds.